The van der Waals surface area contributed by atoms with E-state index in [2.05, 4.69) is 0 Å². The molecule has 4 rings (SSSR count). The summed E-state index contributed by atoms with van der Waals surface area (Å²) in [5.74, 6) is -1.55. The molecule has 1 N–H and O–H groups in total. The Labute approximate surface area is 233 Å². The zero-order valence-electron chi connectivity index (χ0n) is 21.3. The fraction of sp³-hybridized carbons (Fsp3) is 0.250. The normalized spacial score (nSPS) is 15.9. The second kappa shape index (κ2) is 11.1. The molecule has 0 spiro atoms. The second-order valence-electron chi connectivity index (χ2n) is 9.29. The number of carboxylic acid groups (broad SMARTS) is 1. The molecular weight excluding hydrogens is 574 g/mol. The van der Waals surface area contributed by atoms with Gasteiger partial charge in [-0.2, -0.15) is 13.2 Å². The molecular formula is C28H24ClF4NO5S. The van der Waals surface area contributed by atoms with E-state index in [1.807, 2.05) is 0 Å². The third kappa shape index (κ3) is 5.95. The number of benzene rings is 3. The van der Waals surface area contributed by atoms with Gasteiger partial charge in [0, 0.05) is 12.0 Å². The van der Waals surface area contributed by atoms with Gasteiger partial charge < -0.3 is 9.84 Å². The summed E-state index contributed by atoms with van der Waals surface area (Å²) in [7, 11) is -4.57. The highest BCUT2D eigenvalue weighted by Crippen LogP contribution is 2.41. The lowest BCUT2D eigenvalue weighted by Crippen LogP contribution is -2.44. The second-order valence-corrected chi connectivity index (χ2v) is 11.5. The zero-order chi connectivity index (χ0) is 29.4. The third-order valence-corrected chi connectivity index (χ3v) is 8.73. The molecule has 3 aromatic carbocycles. The van der Waals surface area contributed by atoms with Gasteiger partial charge in [0.1, 0.15) is 17.7 Å². The van der Waals surface area contributed by atoms with Crippen LogP contribution in [0.4, 0.5) is 23.2 Å². The molecule has 1 aliphatic rings. The minimum absolute atomic E-state index is 0.0328. The largest absolute Gasteiger partial charge is 0.486 e. The van der Waals surface area contributed by atoms with Crippen LogP contribution in [0.1, 0.15) is 42.0 Å². The number of nitrogens with zero attached hydrogens (tertiary/aromatic N) is 1. The molecule has 1 heterocycles. The van der Waals surface area contributed by atoms with Crippen LogP contribution in [-0.2, 0) is 21.0 Å². The summed E-state index contributed by atoms with van der Waals surface area (Å²) in [5.41, 5.74) is -0.448. The summed E-state index contributed by atoms with van der Waals surface area (Å²) in [4.78, 5) is 10.6. The van der Waals surface area contributed by atoms with Gasteiger partial charge in [-0.3, -0.25) is 9.10 Å². The Morgan fingerprint density at radius 3 is 2.52 bits per heavy atom. The van der Waals surface area contributed by atoms with E-state index in [1.165, 1.54) is 30.3 Å². The number of halogens is 5. The summed E-state index contributed by atoms with van der Waals surface area (Å²) in [6, 6.07) is 11.7. The predicted molar refractivity (Wildman–Crippen MR) is 143 cm³/mol. The Morgan fingerprint density at radius 1 is 1.18 bits per heavy atom. The van der Waals surface area contributed by atoms with Crippen LogP contribution in [0.5, 0.6) is 5.75 Å². The Balaban J connectivity index is 1.83. The SMILES string of the molecule is C/C(=C\c1ccc2c(c1)N(S(=O)(=O)c1cccc(C(F)(F)F)c1C)C[C@H](CCC(=O)O)O2)c1c(F)cccc1Cl. The summed E-state index contributed by atoms with van der Waals surface area (Å²) < 4.78 is 89.8. The molecule has 6 nitrogen and oxygen atoms in total. The number of hydrogen-bond acceptors (Lipinski definition) is 4. The highest BCUT2D eigenvalue weighted by molar-refractivity contribution is 7.93. The topological polar surface area (TPSA) is 83.9 Å². The summed E-state index contributed by atoms with van der Waals surface area (Å²) in [5, 5.41) is 9.28. The van der Waals surface area contributed by atoms with Gasteiger partial charge in [0.25, 0.3) is 10.0 Å². The minimum Gasteiger partial charge on any atom is -0.486 e. The fourth-order valence-electron chi connectivity index (χ4n) is 4.60. The Bertz CT molecular complexity index is 1580. The fourth-order valence-corrected chi connectivity index (χ4v) is 6.66. The molecule has 0 aromatic heterocycles. The quantitative estimate of drug-likeness (QED) is 0.230. The predicted octanol–water partition coefficient (Wildman–Crippen LogP) is 7.19. The third-order valence-electron chi connectivity index (χ3n) is 6.49. The first-order valence-electron chi connectivity index (χ1n) is 12.0. The number of alkyl halides is 3. The van der Waals surface area contributed by atoms with Crippen LogP contribution in [0.3, 0.4) is 0 Å². The Morgan fingerprint density at radius 2 is 1.88 bits per heavy atom. The van der Waals surface area contributed by atoms with Crippen LogP contribution in [0, 0.1) is 12.7 Å². The number of rotatable bonds is 7. The van der Waals surface area contributed by atoms with Gasteiger partial charge >= 0.3 is 12.1 Å². The van der Waals surface area contributed by atoms with Gasteiger partial charge in [0.15, 0.2) is 0 Å². The summed E-state index contributed by atoms with van der Waals surface area (Å²) in [6.45, 7) is 2.38. The van der Waals surface area contributed by atoms with Crippen LogP contribution in [0.15, 0.2) is 59.5 Å². The number of sulfonamides is 1. The van der Waals surface area contributed by atoms with E-state index in [0.29, 0.717) is 11.1 Å². The number of aliphatic carboxylic acids is 1. The maximum atomic E-state index is 14.5. The average Bonchev–Trinajstić information content (AvgIpc) is 2.86. The zero-order valence-corrected chi connectivity index (χ0v) is 22.9. The Kier molecular flexibility index (Phi) is 8.18. The maximum absolute atomic E-state index is 14.5. The van der Waals surface area contributed by atoms with E-state index in [4.69, 9.17) is 21.4 Å². The van der Waals surface area contributed by atoms with Crippen LogP contribution >= 0.6 is 11.6 Å². The van der Waals surface area contributed by atoms with Gasteiger partial charge in [0.2, 0.25) is 0 Å². The van der Waals surface area contributed by atoms with Crippen molar-refractivity contribution in [3.63, 3.8) is 0 Å². The number of allylic oxidation sites excluding steroid dienone is 1. The smallest absolute Gasteiger partial charge is 0.416 e. The summed E-state index contributed by atoms with van der Waals surface area (Å²) in [6.07, 6.45) is -4.40. The number of fused-ring (bicyclic) bond motifs is 1. The number of anilines is 1. The minimum atomic E-state index is -4.77. The highest BCUT2D eigenvalue weighted by atomic mass is 35.5. The van der Waals surface area contributed by atoms with E-state index < -0.39 is 50.1 Å². The van der Waals surface area contributed by atoms with E-state index in [-0.39, 0.29) is 41.4 Å². The maximum Gasteiger partial charge on any atom is 0.416 e. The lowest BCUT2D eigenvalue weighted by atomic mass is 10.0. The molecule has 0 unspecified atom stereocenters. The van der Waals surface area contributed by atoms with Crippen molar-refractivity contribution in [3.8, 4) is 5.75 Å². The molecule has 0 fully saturated rings. The van der Waals surface area contributed by atoms with Crippen LogP contribution < -0.4 is 9.04 Å². The monoisotopic (exact) mass is 597 g/mol. The van der Waals surface area contributed by atoms with E-state index in [9.17, 15) is 30.8 Å². The first-order chi connectivity index (χ1) is 18.7. The van der Waals surface area contributed by atoms with Crippen molar-refractivity contribution in [2.75, 3.05) is 10.8 Å². The molecule has 0 aliphatic carbocycles. The van der Waals surface area contributed by atoms with Crippen molar-refractivity contribution >= 4 is 44.9 Å². The van der Waals surface area contributed by atoms with Gasteiger partial charge in [-0.25, -0.2) is 12.8 Å². The molecule has 0 radical (unpaired) electrons. The molecule has 0 saturated heterocycles. The molecule has 0 amide bonds. The molecule has 212 valence electrons. The molecule has 0 saturated carbocycles. The molecule has 3 aromatic rings. The van der Waals surface area contributed by atoms with Gasteiger partial charge in [-0.1, -0.05) is 35.9 Å². The number of hydrogen-bond donors (Lipinski definition) is 1. The number of ether oxygens (including phenoxy) is 1. The summed E-state index contributed by atoms with van der Waals surface area (Å²) >= 11 is 6.17. The number of carboxylic acids is 1. The highest BCUT2D eigenvalue weighted by Gasteiger charge is 2.39. The molecule has 1 atom stereocenters. The lowest BCUT2D eigenvalue weighted by Gasteiger charge is -2.36. The van der Waals surface area contributed by atoms with E-state index >= 15 is 0 Å². The average molecular weight is 598 g/mol. The van der Waals surface area contributed by atoms with Crippen LogP contribution in [-0.4, -0.2) is 32.1 Å². The molecule has 0 bridgehead atoms. The van der Waals surface area contributed by atoms with Crippen molar-refractivity contribution in [2.45, 2.75) is 43.9 Å². The van der Waals surface area contributed by atoms with Gasteiger partial charge in [-0.15, -0.1) is 0 Å². The van der Waals surface area contributed by atoms with Crippen molar-refractivity contribution in [1.29, 1.82) is 0 Å². The van der Waals surface area contributed by atoms with Crippen LogP contribution in [0.2, 0.25) is 5.02 Å². The first-order valence-corrected chi connectivity index (χ1v) is 13.9. The first kappa shape index (κ1) is 29.4. The van der Waals surface area contributed by atoms with Crippen molar-refractivity contribution in [3.05, 3.63) is 87.7 Å². The van der Waals surface area contributed by atoms with Crippen LogP contribution in [0.25, 0.3) is 11.6 Å². The standard InChI is InChI=1S/C28H24ClF4NO5S/c1-16(27-21(29)6-4-7-22(27)30)13-18-9-11-24-23(14-18)34(15-19(39-24)10-12-26(35)36)40(37,38)25-8-3-5-20(17(25)2)28(31,32)33/h3-9,11,13-14,19H,10,12,15H2,1-2H3,(H,35,36)/b16-13+/t19-/m0/s1. The molecule has 40 heavy (non-hydrogen) atoms. The van der Waals surface area contributed by atoms with Crippen molar-refractivity contribution in [1.82, 2.24) is 0 Å². The Hall–Kier alpha value is -3.57. The van der Waals surface area contributed by atoms with E-state index in [0.717, 1.165) is 29.4 Å². The molecule has 1 aliphatic heterocycles. The lowest BCUT2D eigenvalue weighted by molar-refractivity contribution is -0.138. The van der Waals surface area contributed by atoms with E-state index in [1.54, 1.807) is 19.1 Å². The molecule has 12 heteroatoms. The van der Waals surface area contributed by atoms with Gasteiger partial charge in [-0.05, 0) is 73.4 Å². The van der Waals surface area contributed by atoms with Crippen molar-refractivity contribution in [2.24, 2.45) is 0 Å². The van der Waals surface area contributed by atoms with Crippen molar-refractivity contribution < 1.29 is 40.6 Å². The van der Waals surface area contributed by atoms with Gasteiger partial charge in [0.05, 0.1) is 27.7 Å². The number of carbonyl (C=O) groups is 1.